The van der Waals surface area contributed by atoms with E-state index in [1.807, 2.05) is 0 Å². The molecule has 2 N–H and O–H groups in total. The quantitative estimate of drug-likeness (QED) is 0.841. The van der Waals surface area contributed by atoms with E-state index in [-0.39, 0.29) is 5.91 Å². The van der Waals surface area contributed by atoms with Crippen LogP contribution in [0.4, 0.5) is 0 Å². The van der Waals surface area contributed by atoms with E-state index in [1.165, 1.54) is 11.3 Å². The number of carbonyl (C=O) groups excluding carboxylic acids is 1. The Hall–Kier alpha value is -0.390. The van der Waals surface area contributed by atoms with Gasteiger partial charge in [-0.1, -0.05) is 0 Å². The molecule has 1 aromatic rings. The first kappa shape index (κ1) is 14.0. The fourth-order valence-electron chi connectivity index (χ4n) is 2.20. The zero-order valence-corrected chi connectivity index (χ0v) is 12.8. The summed E-state index contributed by atoms with van der Waals surface area (Å²) in [6.45, 7) is 2.94. The van der Waals surface area contributed by atoms with Crippen molar-refractivity contribution in [3.05, 3.63) is 20.8 Å². The highest BCUT2D eigenvalue weighted by Crippen LogP contribution is 2.22. The van der Waals surface area contributed by atoms with Crippen molar-refractivity contribution in [3.63, 3.8) is 0 Å². The molecule has 1 fully saturated rings. The minimum Gasteiger partial charge on any atom is -0.356 e. The Bertz CT molecular complexity index is 388. The van der Waals surface area contributed by atoms with Crippen molar-refractivity contribution >= 4 is 33.2 Å². The van der Waals surface area contributed by atoms with Crippen LogP contribution in [0.1, 0.15) is 24.1 Å². The molecule has 5 heteroatoms. The molecule has 18 heavy (non-hydrogen) atoms. The fourth-order valence-corrected chi connectivity index (χ4v) is 3.68. The van der Waals surface area contributed by atoms with Gasteiger partial charge in [0.15, 0.2) is 0 Å². The Morgan fingerprint density at radius 2 is 2.44 bits per heavy atom. The second-order valence-electron chi connectivity index (χ2n) is 4.70. The van der Waals surface area contributed by atoms with Gasteiger partial charge < -0.3 is 10.6 Å². The largest absolute Gasteiger partial charge is 0.356 e. The second-order valence-corrected chi connectivity index (χ2v) is 7.25. The van der Waals surface area contributed by atoms with E-state index < -0.39 is 0 Å². The highest BCUT2D eigenvalue weighted by molar-refractivity contribution is 9.11. The number of hydrogen-bond acceptors (Lipinski definition) is 3. The topological polar surface area (TPSA) is 41.1 Å². The van der Waals surface area contributed by atoms with E-state index in [4.69, 9.17) is 0 Å². The highest BCUT2D eigenvalue weighted by Gasteiger charge is 2.15. The molecular formula is C13H19BrN2OS. The van der Waals surface area contributed by atoms with E-state index in [0.29, 0.717) is 12.3 Å². The Morgan fingerprint density at radius 1 is 1.56 bits per heavy atom. The Balaban J connectivity index is 1.57. The smallest absolute Gasteiger partial charge is 0.220 e. The maximum Gasteiger partial charge on any atom is 0.220 e. The van der Waals surface area contributed by atoms with Crippen LogP contribution < -0.4 is 10.6 Å². The Morgan fingerprint density at radius 3 is 3.11 bits per heavy atom. The number of rotatable bonds is 6. The summed E-state index contributed by atoms with van der Waals surface area (Å²) in [6, 6.07) is 4.15. The third-order valence-electron chi connectivity index (χ3n) is 3.26. The minimum atomic E-state index is 0.192. The number of hydrogen-bond donors (Lipinski definition) is 2. The van der Waals surface area contributed by atoms with Crippen molar-refractivity contribution in [3.8, 4) is 0 Å². The van der Waals surface area contributed by atoms with Crippen LogP contribution in [0.25, 0.3) is 0 Å². The predicted octanol–water partition coefficient (Wildman–Crippen LogP) is 2.56. The van der Waals surface area contributed by atoms with E-state index in [2.05, 4.69) is 38.7 Å². The van der Waals surface area contributed by atoms with Crippen LogP contribution in [0.5, 0.6) is 0 Å². The van der Waals surface area contributed by atoms with Crippen molar-refractivity contribution in [1.82, 2.24) is 10.6 Å². The number of amides is 1. The van der Waals surface area contributed by atoms with Gasteiger partial charge in [-0.3, -0.25) is 4.79 Å². The summed E-state index contributed by atoms with van der Waals surface area (Å²) in [5, 5.41) is 6.32. The summed E-state index contributed by atoms with van der Waals surface area (Å²) in [5.74, 6) is 0.890. The van der Waals surface area contributed by atoms with Gasteiger partial charge >= 0.3 is 0 Å². The third kappa shape index (κ3) is 4.71. The van der Waals surface area contributed by atoms with Crippen molar-refractivity contribution in [2.45, 2.75) is 25.7 Å². The van der Waals surface area contributed by atoms with Crippen LogP contribution in [-0.4, -0.2) is 25.5 Å². The summed E-state index contributed by atoms with van der Waals surface area (Å²) >= 11 is 5.17. The maximum absolute atomic E-state index is 11.7. The molecule has 1 aromatic heterocycles. The average Bonchev–Trinajstić information content (AvgIpc) is 2.98. The summed E-state index contributed by atoms with van der Waals surface area (Å²) in [5.41, 5.74) is 0. The Labute approximate surface area is 120 Å². The first-order valence-corrected chi connectivity index (χ1v) is 8.06. The Kier molecular flexibility index (Phi) is 5.66. The molecule has 0 radical (unpaired) electrons. The number of nitrogens with one attached hydrogen (secondary N) is 2. The molecule has 1 saturated heterocycles. The van der Waals surface area contributed by atoms with Crippen LogP contribution in [0.15, 0.2) is 15.9 Å². The van der Waals surface area contributed by atoms with Crippen LogP contribution >= 0.6 is 27.3 Å². The summed E-state index contributed by atoms with van der Waals surface area (Å²) < 4.78 is 1.15. The number of thiophene rings is 1. The van der Waals surface area contributed by atoms with E-state index in [9.17, 15) is 4.79 Å². The molecule has 0 spiro atoms. The second kappa shape index (κ2) is 7.26. The van der Waals surface area contributed by atoms with Gasteiger partial charge in [0, 0.05) is 17.8 Å². The molecule has 2 rings (SSSR count). The number of carbonyl (C=O) groups is 1. The molecule has 3 nitrogen and oxygen atoms in total. The predicted molar refractivity (Wildman–Crippen MR) is 78.9 cm³/mol. The molecule has 0 bridgehead atoms. The molecule has 0 aliphatic carbocycles. The van der Waals surface area contributed by atoms with Crippen LogP contribution in [0.3, 0.4) is 0 Å². The molecule has 2 heterocycles. The van der Waals surface area contributed by atoms with Crippen LogP contribution in [0.2, 0.25) is 0 Å². The molecule has 1 aliphatic heterocycles. The van der Waals surface area contributed by atoms with Crippen molar-refractivity contribution in [1.29, 1.82) is 0 Å². The molecule has 1 aliphatic rings. The van der Waals surface area contributed by atoms with Gasteiger partial charge in [0.2, 0.25) is 5.91 Å². The maximum atomic E-state index is 11.7. The van der Waals surface area contributed by atoms with Gasteiger partial charge in [-0.15, -0.1) is 11.3 Å². The molecule has 1 atom stereocenters. The van der Waals surface area contributed by atoms with Crippen molar-refractivity contribution < 1.29 is 4.79 Å². The lowest BCUT2D eigenvalue weighted by Crippen LogP contribution is -2.26. The summed E-state index contributed by atoms with van der Waals surface area (Å²) in [6.07, 6.45) is 3.83. The minimum absolute atomic E-state index is 0.192. The summed E-state index contributed by atoms with van der Waals surface area (Å²) in [7, 11) is 0. The van der Waals surface area contributed by atoms with E-state index in [1.54, 1.807) is 11.3 Å². The van der Waals surface area contributed by atoms with Gasteiger partial charge in [0.05, 0.1) is 3.79 Å². The molecule has 0 aromatic carbocycles. The van der Waals surface area contributed by atoms with Gasteiger partial charge in [-0.05, 0) is 66.3 Å². The van der Waals surface area contributed by atoms with Crippen LogP contribution in [0, 0.1) is 5.92 Å². The van der Waals surface area contributed by atoms with Gasteiger partial charge in [0.25, 0.3) is 0 Å². The summed E-state index contributed by atoms with van der Waals surface area (Å²) in [4.78, 5) is 13.0. The van der Waals surface area contributed by atoms with E-state index >= 15 is 0 Å². The monoisotopic (exact) mass is 330 g/mol. The van der Waals surface area contributed by atoms with Gasteiger partial charge in [0.1, 0.15) is 0 Å². The zero-order chi connectivity index (χ0) is 12.8. The first-order chi connectivity index (χ1) is 8.74. The molecule has 1 unspecified atom stereocenters. The molecular weight excluding hydrogens is 312 g/mol. The van der Waals surface area contributed by atoms with Crippen molar-refractivity contribution in [2.75, 3.05) is 19.6 Å². The standard InChI is InChI=1S/C13H19BrN2OS/c14-12-3-2-11(18-12)6-8-16-13(17)4-1-10-5-7-15-9-10/h2-3,10,15H,1,4-9H2,(H,16,17). The van der Waals surface area contributed by atoms with Gasteiger partial charge in [-0.25, -0.2) is 0 Å². The lowest BCUT2D eigenvalue weighted by Gasteiger charge is -2.08. The molecule has 1 amide bonds. The highest BCUT2D eigenvalue weighted by atomic mass is 79.9. The molecule has 0 saturated carbocycles. The van der Waals surface area contributed by atoms with Crippen LogP contribution in [-0.2, 0) is 11.2 Å². The fraction of sp³-hybridized carbons (Fsp3) is 0.615. The third-order valence-corrected chi connectivity index (χ3v) is 4.95. The normalized spacial score (nSPS) is 19.1. The van der Waals surface area contributed by atoms with E-state index in [0.717, 1.165) is 36.3 Å². The van der Waals surface area contributed by atoms with Gasteiger partial charge in [-0.2, -0.15) is 0 Å². The molecule has 100 valence electrons. The van der Waals surface area contributed by atoms with Crippen molar-refractivity contribution in [2.24, 2.45) is 5.92 Å². The first-order valence-electron chi connectivity index (χ1n) is 6.45. The lowest BCUT2D eigenvalue weighted by molar-refractivity contribution is -0.121. The lowest BCUT2D eigenvalue weighted by atomic mass is 10.0. The average molecular weight is 331 g/mol. The zero-order valence-electron chi connectivity index (χ0n) is 10.4. The SMILES string of the molecule is O=C(CCC1CCNC1)NCCc1ccc(Br)s1. The number of halogens is 1.